The van der Waals surface area contributed by atoms with E-state index in [4.69, 9.17) is 4.74 Å². The Morgan fingerprint density at radius 3 is 2.79 bits per heavy atom. The molecule has 0 bridgehead atoms. The summed E-state index contributed by atoms with van der Waals surface area (Å²) < 4.78 is 5.85. The van der Waals surface area contributed by atoms with Gasteiger partial charge in [0.15, 0.2) is 0 Å². The lowest BCUT2D eigenvalue weighted by atomic mass is 10.0. The largest absolute Gasteiger partial charge is 0.497 e. The molecule has 4 rings (SSSR count). The van der Waals surface area contributed by atoms with Crippen LogP contribution in [0.3, 0.4) is 0 Å². The highest BCUT2D eigenvalue weighted by atomic mass is 32.1. The molecule has 1 unspecified atom stereocenters. The number of aromatic nitrogens is 2. The Labute approximate surface area is 172 Å². The van der Waals surface area contributed by atoms with Crippen molar-refractivity contribution in [3.05, 3.63) is 57.5 Å². The predicted molar refractivity (Wildman–Crippen MR) is 113 cm³/mol. The second-order valence-electron chi connectivity index (χ2n) is 7.48. The lowest BCUT2D eigenvalue weighted by Crippen LogP contribution is -2.38. The van der Waals surface area contributed by atoms with Gasteiger partial charge in [-0.05, 0) is 54.9 Å². The normalized spacial score (nSPS) is 14.9. The summed E-state index contributed by atoms with van der Waals surface area (Å²) in [6, 6.07) is 9.71. The predicted octanol–water partition coefficient (Wildman–Crippen LogP) is 2.69. The van der Waals surface area contributed by atoms with Gasteiger partial charge in [0.1, 0.15) is 16.3 Å². The number of hydrogen-bond donors (Lipinski definition) is 2. The summed E-state index contributed by atoms with van der Waals surface area (Å²) in [5, 5.41) is 5.03. The first kappa shape index (κ1) is 19.6. The first-order valence-corrected chi connectivity index (χ1v) is 10.5. The lowest BCUT2D eigenvalue weighted by Gasteiger charge is -2.22. The fourth-order valence-electron chi connectivity index (χ4n) is 3.49. The van der Waals surface area contributed by atoms with Gasteiger partial charge in [-0.1, -0.05) is 12.1 Å². The number of thiophene rings is 1. The molecule has 1 aliphatic rings. The first-order chi connectivity index (χ1) is 14.0. The number of H-pyrrole nitrogens is 1. The van der Waals surface area contributed by atoms with E-state index in [0.717, 1.165) is 24.2 Å². The number of benzene rings is 1. The van der Waals surface area contributed by atoms with E-state index in [0.29, 0.717) is 28.5 Å². The molecule has 1 saturated carbocycles. The molecular weight excluding hydrogens is 388 g/mol. The quantitative estimate of drug-likeness (QED) is 0.594. The number of amides is 1. The van der Waals surface area contributed by atoms with E-state index in [2.05, 4.69) is 15.3 Å². The zero-order chi connectivity index (χ0) is 20.4. The van der Waals surface area contributed by atoms with Crippen molar-refractivity contribution in [2.45, 2.75) is 25.4 Å². The number of fused-ring (bicyclic) bond motifs is 1. The van der Waals surface area contributed by atoms with E-state index in [-0.39, 0.29) is 24.1 Å². The van der Waals surface area contributed by atoms with Crippen LogP contribution in [-0.4, -0.2) is 41.5 Å². The van der Waals surface area contributed by atoms with Gasteiger partial charge < -0.3 is 15.0 Å². The molecule has 1 atom stereocenters. The minimum atomic E-state index is -0.133. The van der Waals surface area contributed by atoms with E-state index < -0.39 is 0 Å². The van der Waals surface area contributed by atoms with Gasteiger partial charge >= 0.3 is 0 Å². The maximum Gasteiger partial charge on any atom is 0.268 e. The average molecular weight is 413 g/mol. The number of hydrogen-bond acceptors (Lipinski definition) is 6. The van der Waals surface area contributed by atoms with Crippen molar-refractivity contribution in [2.75, 3.05) is 20.7 Å². The zero-order valence-electron chi connectivity index (χ0n) is 16.5. The summed E-state index contributed by atoms with van der Waals surface area (Å²) in [5.74, 6) is 1.80. The Morgan fingerprint density at radius 1 is 1.34 bits per heavy atom. The van der Waals surface area contributed by atoms with E-state index in [1.165, 1.54) is 11.3 Å². The highest BCUT2D eigenvalue weighted by molar-refractivity contribution is 7.17. The van der Waals surface area contributed by atoms with Crippen molar-refractivity contribution >= 4 is 27.5 Å². The number of aromatic amines is 1. The van der Waals surface area contributed by atoms with Crippen molar-refractivity contribution in [1.29, 1.82) is 0 Å². The van der Waals surface area contributed by atoms with Crippen LogP contribution in [0.25, 0.3) is 10.2 Å². The SMILES string of the molecule is COc1ccc(C(NC(=O)CN(C)Cc2nc3ccsc3c(=O)[nH]2)C2CC2)cc1. The highest BCUT2D eigenvalue weighted by Crippen LogP contribution is 2.41. The summed E-state index contributed by atoms with van der Waals surface area (Å²) in [4.78, 5) is 33.9. The summed E-state index contributed by atoms with van der Waals surface area (Å²) in [7, 11) is 3.49. The van der Waals surface area contributed by atoms with Crippen LogP contribution in [0.5, 0.6) is 5.75 Å². The van der Waals surface area contributed by atoms with Crippen LogP contribution in [0.1, 0.15) is 30.3 Å². The van der Waals surface area contributed by atoms with Gasteiger partial charge in [0.25, 0.3) is 5.56 Å². The van der Waals surface area contributed by atoms with Gasteiger partial charge in [0.2, 0.25) is 5.91 Å². The van der Waals surface area contributed by atoms with Gasteiger partial charge in [-0.25, -0.2) is 4.98 Å². The van der Waals surface area contributed by atoms with Gasteiger partial charge in [-0.3, -0.25) is 14.5 Å². The Kier molecular flexibility index (Phi) is 5.64. The molecule has 29 heavy (non-hydrogen) atoms. The van der Waals surface area contributed by atoms with Crippen LogP contribution in [0.4, 0.5) is 0 Å². The van der Waals surface area contributed by atoms with Gasteiger partial charge in [0.05, 0.1) is 31.8 Å². The second-order valence-corrected chi connectivity index (χ2v) is 8.39. The average Bonchev–Trinajstić information content (AvgIpc) is 3.43. The Balaban J connectivity index is 1.38. The van der Waals surface area contributed by atoms with Crippen molar-refractivity contribution in [3.63, 3.8) is 0 Å². The van der Waals surface area contributed by atoms with Crippen LogP contribution in [0.15, 0.2) is 40.5 Å². The molecule has 0 radical (unpaired) electrons. The monoisotopic (exact) mass is 412 g/mol. The molecule has 1 aliphatic carbocycles. The third-order valence-electron chi connectivity index (χ3n) is 5.08. The third kappa shape index (κ3) is 4.65. The van der Waals surface area contributed by atoms with Gasteiger partial charge in [-0.2, -0.15) is 0 Å². The van der Waals surface area contributed by atoms with E-state index in [1.54, 1.807) is 7.11 Å². The molecule has 1 fully saturated rings. The van der Waals surface area contributed by atoms with Crippen molar-refractivity contribution < 1.29 is 9.53 Å². The Bertz CT molecular complexity index is 1060. The molecule has 2 N–H and O–H groups in total. The van der Waals surface area contributed by atoms with Crippen LogP contribution in [0, 0.1) is 5.92 Å². The van der Waals surface area contributed by atoms with Crippen molar-refractivity contribution in [3.8, 4) is 5.75 Å². The molecule has 2 heterocycles. The molecule has 7 nitrogen and oxygen atoms in total. The molecule has 0 spiro atoms. The summed E-state index contributed by atoms with van der Waals surface area (Å²) in [5.41, 5.74) is 1.66. The molecule has 1 amide bonds. The smallest absolute Gasteiger partial charge is 0.268 e. The van der Waals surface area contributed by atoms with E-state index >= 15 is 0 Å². The minimum Gasteiger partial charge on any atom is -0.497 e. The number of carbonyl (C=O) groups is 1. The van der Waals surface area contributed by atoms with Crippen LogP contribution in [0.2, 0.25) is 0 Å². The van der Waals surface area contributed by atoms with Gasteiger partial charge in [-0.15, -0.1) is 11.3 Å². The number of carbonyl (C=O) groups excluding carboxylic acids is 1. The van der Waals surface area contributed by atoms with Crippen LogP contribution >= 0.6 is 11.3 Å². The highest BCUT2D eigenvalue weighted by Gasteiger charge is 2.33. The number of ether oxygens (including phenoxy) is 1. The summed E-state index contributed by atoms with van der Waals surface area (Å²) in [6.45, 7) is 0.621. The third-order valence-corrected chi connectivity index (χ3v) is 5.98. The van der Waals surface area contributed by atoms with Gasteiger partial charge in [0, 0.05) is 0 Å². The number of rotatable bonds is 8. The minimum absolute atomic E-state index is 0.0156. The Hall–Kier alpha value is -2.71. The molecule has 8 heteroatoms. The number of nitrogens with zero attached hydrogens (tertiary/aromatic N) is 2. The topological polar surface area (TPSA) is 87.3 Å². The zero-order valence-corrected chi connectivity index (χ0v) is 17.3. The van der Waals surface area contributed by atoms with E-state index in [1.807, 2.05) is 47.7 Å². The lowest BCUT2D eigenvalue weighted by molar-refractivity contribution is -0.123. The molecule has 2 aromatic heterocycles. The fourth-order valence-corrected chi connectivity index (χ4v) is 4.21. The van der Waals surface area contributed by atoms with Crippen molar-refractivity contribution in [2.24, 2.45) is 5.92 Å². The molecule has 3 aromatic rings. The molecule has 1 aromatic carbocycles. The summed E-state index contributed by atoms with van der Waals surface area (Å²) >= 11 is 1.38. The number of nitrogens with one attached hydrogen (secondary N) is 2. The maximum atomic E-state index is 12.7. The number of likely N-dealkylation sites (N-methyl/N-ethyl adjacent to an activating group) is 1. The van der Waals surface area contributed by atoms with Crippen LogP contribution < -0.4 is 15.6 Å². The Morgan fingerprint density at radius 2 is 2.10 bits per heavy atom. The standard InChI is InChI=1S/C21H24N4O3S/c1-25(11-17-22-16-9-10-29-20(16)21(27)23-17)12-18(26)24-19(13-3-4-13)14-5-7-15(28-2)8-6-14/h5-10,13,19H,3-4,11-12H2,1-2H3,(H,24,26)(H,22,23,27). The molecular formula is C21H24N4O3S. The molecule has 0 aliphatic heterocycles. The van der Waals surface area contributed by atoms with Crippen molar-refractivity contribution in [1.82, 2.24) is 20.2 Å². The molecule has 152 valence electrons. The number of methoxy groups -OCH3 is 1. The fraction of sp³-hybridized carbons (Fsp3) is 0.381. The summed E-state index contributed by atoms with van der Waals surface area (Å²) in [6.07, 6.45) is 2.25. The molecule has 0 saturated heterocycles. The van der Waals surface area contributed by atoms with E-state index in [9.17, 15) is 9.59 Å². The van der Waals surface area contributed by atoms with Crippen LogP contribution in [-0.2, 0) is 11.3 Å². The maximum absolute atomic E-state index is 12.7. The first-order valence-electron chi connectivity index (χ1n) is 9.61. The second kappa shape index (κ2) is 8.34.